The number of furan rings is 1. The van der Waals surface area contributed by atoms with E-state index in [1.165, 1.54) is 83.0 Å². The Kier molecular flexibility index (Phi) is 9.31. The van der Waals surface area contributed by atoms with Crippen LogP contribution in [0.25, 0.3) is 99.2 Å². The lowest BCUT2D eigenvalue weighted by Crippen LogP contribution is -2.18. The minimum Gasteiger partial charge on any atom is -0.455 e. The number of fused-ring (bicyclic) bond motifs is 7. The topological polar surface area (TPSA) is 21.3 Å². The first-order valence-corrected chi connectivity index (χ1v) is 23.2. The van der Waals surface area contributed by atoms with Gasteiger partial charge in [-0.05, 0) is 124 Å². The molecule has 0 radical (unpaired) electrons. The van der Waals surface area contributed by atoms with Crippen LogP contribution in [-0.2, 0) is 0 Å². The molecule has 0 atom stereocenters. The predicted octanol–water partition coefficient (Wildman–Crippen LogP) is 17.7. The first-order valence-electron chi connectivity index (χ1n) is 23.2. The maximum atomic E-state index is 6.39. The average molecular weight is 857 g/mol. The van der Waals surface area contributed by atoms with Crippen LogP contribution >= 0.6 is 0 Å². The molecule has 3 nitrogen and oxygen atoms in total. The third-order valence-corrected chi connectivity index (χ3v) is 13.7. The Morgan fingerprint density at radius 2 is 0.955 bits per heavy atom. The van der Waals surface area contributed by atoms with Crippen molar-refractivity contribution in [3.63, 3.8) is 0 Å². The molecule has 0 amide bonds. The van der Waals surface area contributed by atoms with Crippen molar-refractivity contribution in [3.8, 4) is 39.1 Å². The number of allylic oxidation sites excluding steroid dienone is 4. The standard InChI is InChI=1S/C64H44N2O/c1-3-15-51(16-4-1)65(60-23-11-14-47-13-7-8-19-54(47)60)53-37-33-44(34-38-53)43-25-27-45(28-26-43)49-35-39-61-58(41-49)59-42-50(36-40-62(59)66(61)52-17-5-2-6-18-52)46-29-31-48(32-30-46)55-21-12-22-57-56-20-9-10-24-63(56)67-64(55)57/h1-33,35-37,39-42H,34,38H2. The highest BCUT2D eigenvalue weighted by molar-refractivity contribution is 6.12. The maximum Gasteiger partial charge on any atom is 0.143 e. The van der Waals surface area contributed by atoms with Gasteiger partial charge in [-0.1, -0.05) is 176 Å². The van der Waals surface area contributed by atoms with Crippen molar-refractivity contribution < 1.29 is 4.42 Å². The van der Waals surface area contributed by atoms with Gasteiger partial charge in [0.1, 0.15) is 11.2 Å². The van der Waals surface area contributed by atoms with E-state index in [1.807, 2.05) is 12.1 Å². The number of anilines is 2. The Morgan fingerprint density at radius 3 is 1.66 bits per heavy atom. The normalized spacial score (nSPS) is 12.8. The molecular weight excluding hydrogens is 813 g/mol. The summed E-state index contributed by atoms with van der Waals surface area (Å²) in [6, 6.07) is 83.4. The van der Waals surface area contributed by atoms with Crippen LogP contribution in [0.4, 0.5) is 11.4 Å². The molecule has 0 bridgehead atoms. The lowest BCUT2D eigenvalue weighted by atomic mass is 9.93. The minimum atomic E-state index is 0.915. The van der Waals surface area contributed by atoms with Gasteiger partial charge in [-0.25, -0.2) is 0 Å². The van der Waals surface area contributed by atoms with Crippen LogP contribution in [0.3, 0.4) is 0 Å². The van der Waals surface area contributed by atoms with Gasteiger partial charge >= 0.3 is 0 Å². The minimum absolute atomic E-state index is 0.915. The molecule has 3 heteroatoms. The summed E-state index contributed by atoms with van der Waals surface area (Å²) in [7, 11) is 0. The van der Waals surface area contributed by atoms with Gasteiger partial charge in [-0.2, -0.15) is 0 Å². The molecule has 0 unspecified atom stereocenters. The third-order valence-electron chi connectivity index (χ3n) is 13.7. The van der Waals surface area contributed by atoms with E-state index < -0.39 is 0 Å². The molecule has 1 aliphatic carbocycles. The fraction of sp³-hybridized carbons (Fsp3) is 0.0312. The number of hydrogen-bond acceptors (Lipinski definition) is 2. The number of benzene rings is 10. The van der Waals surface area contributed by atoms with E-state index in [1.54, 1.807) is 0 Å². The lowest BCUT2D eigenvalue weighted by molar-refractivity contribution is 0.670. The molecule has 0 spiro atoms. The number of hydrogen-bond donors (Lipinski definition) is 0. The first kappa shape index (κ1) is 38.8. The van der Waals surface area contributed by atoms with Gasteiger partial charge in [0.15, 0.2) is 0 Å². The van der Waals surface area contributed by atoms with Gasteiger partial charge < -0.3 is 13.9 Å². The van der Waals surface area contributed by atoms with Gasteiger partial charge in [-0.15, -0.1) is 0 Å². The van der Waals surface area contributed by atoms with Crippen LogP contribution in [0, 0.1) is 0 Å². The Morgan fingerprint density at radius 1 is 0.388 bits per heavy atom. The molecule has 0 N–H and O–H groups in total. The van der Waals surface area contributed by atoms with Crippen molar-refractivity contribution in [2.45, 2.75) is 12.8 Å². The molecule has 13 rings (SSSR count). The monoisotopic (exact) mass is 856 g/mol. The number of aromatic nitrogens is 1. The van der Waals surface area contributed by atoms with E-state index in [9.17, 15) is 0 Å². The molecule has 10 aromatic carbocycles. The van der Waals surface area contributed by atoms with Crippen molar-refractivity contribution in [3.05, 3.63) is 254 Å². The van der Waals surface area contributed by atoms with Crippen LogP contribution < -0.4 is 4.90 Å². The zero-order chi connectivity index (χ0) is 44.3. The molecule has 67 heavy (non-hydrogen) atoms. The summed E-state index contributed by atoms with van der Waals surface area (Å²) in [6.07, 6.45) is 6.56. The molecule has 2 heterocycles. The number of nitrogens with zero attached hydrogens (tertiary/aromatic N) is 2. The predicted molar refractivity (Wildman–Crippen MR) is 282 cm³/mol. The second kappa shape index (κ2) is 16.1. The quantitative estimate of drug-likeness (QED) is 0.152. The average Bonchev–Trinajstić information content (AvgIpc) is 3.95. The van der Waals surface area contributed by atoms with Crippen LogP contribution in [0.2, 0.25) is 0 Å². The summed E-state index contributed by atoms with van der Waals surface area (Å²) in [5.41, 5.74) is 18.7. The Hall–Kier alpha value is -8.66. The highest BCUT2D eigenvalue weighted by Crippen LogP contribution is 2.42. The van der Waals surface area contributed by atoms with Crippen molar-refractivity contribution in [2.24, 2.45) is 0 Å². The van der Waals surface area contributed by atoms with Crippen molar-refractivity contribution >= 4 is 71.5 Å². The molecule has 0 saturated carbocycles. The smallest absolute Gasteiger partial charge is 0.143 e. The molecule has 2 aromatic heterocycles. The Balaban J connectivity index is 0.836. The molecule has 0 aliphatic heterocycles. The van der Waals surface area contributed by atoms with E-state index in [2.05, 4.69) is 240 Å². The van der Waals surface area contributed by atoms with Crippen molar-refractivity contribution in [2.75, 3.05) is 4.90 Å². The maximum absolute atomic E-state index is 6.39. The van der Waals surface area contributed by atoms with Gasteiger partial charge in [-0.3, -0.25) is 0 Å². The second-order valence-electron chi connectivity index (χ2n) is 17.6. The van der Waals surface area contributed by atoms with Crippen LogP contribution in [0.5, 0.6) is 0 Å². The van der Waals surface area contributed by atoms with Crippen LogP contribution in [-0.4, -0.2) is 4.57 Å². The number of rotatable bonds is 8. The highest BCUT2D eigenvalue weighted by atomic mass is 16.3. The molecule has 0 fully saturated rings. The Labute approximate surface area is 389 Å². The molecule has 1 aliphatic rings. The molecule has 12 aromatic rings. The fourth-order valence-electron chi connectivity index (χ4n) is 10.4. The van der Waals surface area contributed by atoms with Crippen molar-refractivity contribution in [1.82, 2.24) is 4.57 Å². The molecule has 0 saturated heterocycles. The summed E-state index contributed by atoms with van der Waals surface area (Å²) in [5, 5.41) is 7.25. The highest BCUT2D eigenvalue weighted by Gasteiger charge is 2.21. The molecule has 316 valence electrons. The molecular formula is C64H44N2O. The zero-order valence-electron chi connectivity index (χ0n) is 36.8. The van der Waals surface area contributed by atoms with Gasteiger partial charge in [0, 0.05) is 49.6 Å². The SMILES string of the molecule is C1=C(c2ccc(-c3ccc4c(c3)c3cc(-c5ccc(-c6cccc7c6oc6ccccc67)cc5)ccc3n4-c3ccccc3)cc2)CCC(N(c2ccccc2)c2cccc3ccccc23)=C1. The van der Waals surface area contributed by atoms with Crippen LogP contribution in [0.1, 0.15) is 18.4 Å². The van der Waals surface area contributed by atoms with Crippen LogP contribution in [0.15, 0.2) is 253 Å². The van der Waals surface area contributed by atoms with E-state index >= 15 is 0 Å². The summed E-state index contributed by atoms with van der Waals surface area (Å²) in [6.45, 7) is 0. The second-order valence-corrected chi connectivity index (χ2v) is 17.6. The van der Waals surface area contributed by atoms with Crippen molar-refractivity contribution in [1.29, 1.82) is 0 Å². The third kappa shape index (κ3) is 6.75. The summed E-state index contributed by atoms with van der Waals surface area (Å²) >= 11 is 0. The van der Waals surface area contributed by atoms with Gasteiger partial charge in [0.25, 0.3) is 0 Å². The number of para-hydroxylation sites is 4. The summed E-state index contributed by atoms with van der Waals surface area (Å²) in [4.78, 5) is 2.44. The first-order chi connectivity index (χ1) is 33.2. The zero-order valence-corrected chi connectivity index (χ0v) is 36.8. The van der Waals surface area contributed by atoms with E-state index in [4.69, 9.17) is 4.42 Å². The van der Waals surface area contributed by atoms with Gasteiger partial charge in [0.2, 0.25) is 0 Å². The fourth-order valence-corrected chi connectivity index (χ4v) is 10.4. The largest absolute Gasteiger partial charge is 0.455 e. The van der Waals surface area contributed by atoms with Gasteiger partial charge in [0.05, 0.1) is 16.7 Å². The van der Waals surface area contributed by atoms with E-state index in [0.29, 0.717) is 0 Å². The van der Waals surface area contributed by atoms with E-state index in [0.717, 1.165) is 51.6 Å². The summed E-state index contributed by atoms with van der Waals surface area (Å²) < 4.78 is 8.79. The summed E-state index contributed by atoms with van der Waals surface area (Å²) in [5.74, 6) is 0. The Bertz CT molecular complexity index is 3890. The lowest BCUT2D eigenvalue weighted by Gasteiger charge is -2.31. The van der Waals surface area contributed by atoms with E-state index in [-0.39, 0.29) is 0 Å².